The largest absolute Gasteiger partial charge is 0.306 e. The van der Waals surface area contributed by atoms with E-state index >= 15 is 0 Å². The van der Waals surface area contributed by atoms with Gasteiger partial charge in [-0.2, -0.15) is 0 Å². The van der Waals surface area contributed by atoms with Crippen LogP contribution in [0.5, 0.6) is 0 Å². The van der Waals surface area contributed by atoms with Crippen molar-refractivity contribution in [2.75, 3.05) is 4.90 Å². The summed E-state index contributed by atoms with van der Waals surface area (Å²) in [5.74, 6) is -1.39. The molecular formula is C22H15ClN2O3S2. The van der Waals surface area contributed by atoms with Crippen LogP contribution in [-0.4, -0.2) is 32.6 Å². The Balaban J connectivity index is 1.54. The molecule has 4 unspecified atom stereocenters. The smallest absolute Gasteiger partial charge is 0.274 e. The summed E-state index contributed by atoms with van der Waals surface area (Å²) in [4.78, 5) is 44.0. The number of allylic oxidation sites excluding steroid dienone is 1. The quantitative estimate of drug-likeness (QED) is 0.616. The molecule has 2 aromatic carbocycles. The van der Waals surface area contributed by atoms with Crippen molar-refractivity contribution < 1.29 is 14.4 Å². The minimum Gasteiger partial charge on any atom is -0.274 e. The molecule has 0 bridgehead atoms. The molecule has 2 aromatic rings. The van der Waals surface area contributed by atoms with Crippen molar-refractivity contribution in [2.24, 2.45) is 16.8 Å². The van der Waals surface area contributed by atoms with E-state index in [1.807, 2.05) is 42.5 Å². The Kier molecular flexibility index (Phi) is 5.05. The summed E-state index contributed by atoms with van der Waals surface area (Å²) in [7, 11) is 0. The second-order valence-electron chi connectivity index (χ2n) is 7.15. The lowest BCUT2D eigenvalue weighted by Crippen LogP contribution is -2.41. The van der Waals surface area contributed by atoms with Crippen LogP contribution in [0.4, 0.5) is 10.5 Å². The van der Waals surface area contributed by atoms with Crippen LogP contribution in [0.25, 0.3) is 6.08 Å². The number of thioether (sulfide) groups is 2. The van der Waals surface area contributed by atoms with Gasteiger partial charge in [-0.3, -0.25) is 14.4 Å². The molecule has 0 aliphatic carbocycles. The Labute approximate surface area is 186 Å². The van der Waals surface area contributed by atoms with Gasteiger partial charge in [0, 0.05) is 10.9 Å². The first kappa shape index (κ1) is 19.6. The number of nitrogens with zero attached hydrogens (tertiary/aromatic N) is 2. The standard InChI is InChI=1S/C22H15ClN2O3S2/c23-13-7-9-14(10-8-13)25-20(26)16-15(11-6-12-4-2-1-3-5-12)17-19(24-22(28)30-17)29-18(16)21(25)27/h1-11,15-18H/b11-6+. The minimum atomic E-state index is -0.597. The maximum Gasteiger partial charge on any atom is 0.306 e. The topological polar surface area (TPSA) is 66.8 Å². The molecule has 0 radical (unpaired) electrons. The zero-order valence-electron chi connectivity index (χ0n) is 15.5. The summed E-state index contributed by atoms with van der Waals surface area (Å²) in [6, 6.07) is 16.4. The third kappa shape index (κ3) is 3.31. The lowest BCUT2D eigenvalue weighted by atomic mass is 9.86. The Morgan fingerprint density at radius 1 is 0.900 bits per heavy atom. The highest BCUT2D eigenvalue weighted by atomic mass is 35.5. The lowest BCUT2D eigenvalue weighted by molar-refractivity contribution is -0.122. The number of hydrogen-bond donors (Lipinski definition) is 0. The molecule has 0 saturated carbocycles. The number of anilines is 1. The number of imide groups is 1. The maximum atomic E-state index is 13.4. The minimum absolute atomic E-state index is 0.245. The molecule has 2 fully saturated rings. The number of carbonyl (C=O) groups is 3. The van der Waals surface area contributed by atoms with Crippen LogP contribution in [0.15, 0.2) is 65.7 Å². The Bertz CT molecular complexity index is 1100. The van der Waals surface area contributed by atoms with Crippen LogP contribution >= 0.6 is 35.1 Å². The highest BCUT2D eigenvalue weighted by Crippen LogP contribution is 2.51. The average molecular weight is 455 g/mol. The van der Waals surface area contributed by atoms with Crippen molar-refractivity contribution in [1.82, 2.24) is 0 Å². The molecule has 3 amide bonds. The van der Waals surface area contributed by atoms with Crippen molar-refractivity contribution in [2.45, 2.75) is 10.5 Å². The fraction of sp³-hybridized carbons (Fsp3) is 0.182. The van der Waals surface area contributed by atoms with E-state index in [9.17, 15) is 14.4 Å². The third-order valence-corrected chi connectivity index (χ3v) is 8.20. The van der Waals surface area contributed by atoms with Crippen LogP contribution in [0, 0.1) is 11.8 Å². The van der Waals surface area contributed by atoms with E-state index in [2.05, 4.69) is 4.99 Å². The van der Waals surface area contributed by atoms with Crippen LogP contribution in [0.2, 0.25) is 5.02 Å². The van der Waals surface area contributed by atoms with Crippen molar-refractivity contribution in [3.8, 4) is 0 Å². The first-order chi connectivity index (χ1) is 14.5. The van der Waals surface area contributed by atoms with Gasteiger partial charge in [0.15, 0.2) is 0 Å². The van der Waals surface area contributed by atoms with E-state index < -0.39 is 11.2 Å². The van der Waals surface area contributed by atoms with Crippen molar-refractivity contribution >= 4 is 69.0 Å². The SMILES string of the molecule is O=C1N=C2SC3C(=O)N(c4ccc(Cl)cc4)C(=O)C3C(/C=C/c3ccccc3)C2S1. The van der Waals surface area contributed by atoms with E-state index in [0.717, 1.165) is 17.3 Å². The summed E-state index contributed by atoms with van der Waals surface area (Å²) < 4.78 is 0. The van der Waals surface area contributed by atoms with Gasteiger partial charge in [0.25, 0.3) is 0 Å². The Morgan fingerprint density at radius 2 is 1.63 bits per heavy atom. The number of benzene rings is 2. The molecule has 150 valence electrons. The molecule has 3 aliphatic rings. The van der Waals surface area contributed by atoms with Gasteiger partial charge in [0.05, 0.1) is 21.9 Å². The fourth-order valence-electron chi connectivity index (χ4n) is 4.00. The zero-order valence-corrected chi connectivity index (χ0v) is 17.9. The number of fused-ring (bicyclic) bond motifs is 2. The number of aliphatic imine (C=N–C) groups is 1. The molecule has 3 aliphatic heterocycles. The molecule has 0 spiro atoms. The lowest BCUT2D eigenvalue weighted by Gasteiger charge is -2.32. The predicted octanol–water partition coefficient (Wildman–Crippen LogP) is 4.91. The molecule has 4 atom stereocenters. The highest BCUT2D eigenvalue weighted by Gasteiger charge is 2.58. The van der Waals surface area contributed by atoms with Crippen molar-refractivity contribution in [3.63, 3.8) is 0 Å². The van der Waals surface area contributed by atoms with Gasteiger partial charge in [0.2, 0.25) is 11.8 Å². The number of amides is 3. The first-order valence-electron chi connectivity index (χ1n) is 9.35. The average Bonchev–Trinajstić information content (AvgIpc) is 3.24. The van der Waals surface area contributed by atoms with E-state index in [1.54, 1.807) is 24.3 Å². The van der Waals surface area contributed by atoms with Gasteiger partial charge in [-0.25, -0.2) is 9.89 Å². The summed E-state index contributed by atoms with van der Waals surface area (Å²) in [6.45, 7) is 0. The Hall–Kier alpha value is -2.35. The number of carbonyl (C=O) groups excluding carboxylic acids is 3. The second-order valence-corrected chi connectivity index (χ2v) is 9.85. The van der Waals surface area contributed by atoms with E-state index in [4.69, 9.17) is 11.6 Å². The van der Waals surface area contributed by atoms with Crippen LogP contribution in [0.1, 0.15) is 5.56 Å². The van der Waals surface area contributed by atoms with Crippen LogP contribution < -0.4 is 4.90 Å². The van der Waals surface area contributed by atoms with Gasteiger partial charge in [-0.05, 0) is 29.8 Å². The number of hydrogen-bond acceptors (Lipinski definition) is 5. The molecule has 0 aromatic heterocycles. The highest BCUT2D eigenvalue weighted by molar-refractivity contribution is 8.22. The maximum absolute atomic E-state index is 13.4. The third-order valence-electron chi connectivity index (χ3n) is 5.38. The van der Waals surface area contributed by atoms with Crippen molar-refractivity contribution in [3.05, 3.63) is 71.3 Å². The molecule has 8 heteroatoms. The Morgan fingerprint density at radius 3 is 2.37 bits per heavy atom. The predicted molar refractivity (Wildman–Crippen MR) is 122 cm³/mol. The van der Waals surface area contributed by atoms with Crippen molar-refractivity contribution in [1.29, 1.82) is 0 Å². The molecule has 30 heavy (non-hydrogen) atoms. The molecule has 5 nitrogen and oxygen atoms in total. The summed E-state index contributed by atoms with van der Waals surface area (Å²) in [5, 5.41) is 0.0564. The normalized spacial score (nSPS) is 28.1. The molecule has 0 N–H and O–H groups in total. The second kappa shape index (κ2) is 7.72. The molecular weight excluding hydrogens is 440 g/mol. The van der Waals surface area contributed by atoms with Crippen LogP contribution in [0.3, 0.4) is 0 Å². The summed E-state index contributed by atoms with van der Waals surface area (Å²) in [5.41, 5.74) is 1.50. The van der Waals surface area contributed by atoms with Crippen LogP contribution in [-0.2, 0) is 9.59 Å². The first-order valence-corrected chi connectivity index (χ1v) is 11.5. The van der Waals surface area contributed by atoms with Gasteiger partial charge in [-0.15, -0.1) is 0 Å². The molecule has 5 rings (SSSR count). The van der Waals surface area contributed by atoms with E-state index in [1.165, 1.54) is 16.7 Å². The molecule has 2 saturated heterocycles. The number of halogens is 1. The monoisotopic (exact) mass is 454 g/mol. The van der Waals surface area contributed by atoms with Gasteiger partial charge in [0.1, 0.15) is 5.25 Å². The summed E-state index contributed by atoms with van der Waals surface area (Å²) in [6.07, 6.45) is 3.90. The van der Waals surface area contributed by atoms with Gasteiger partial charge in [-0.1, -0.05) is 77.6 Å². The van der Waals surface area contributed by atoms with E-state index in [-0.39, 0.29) is 28.2 Å². The van der Waals surface area contributed by atoms with Gasteiger partial charge >= 0.3 is 5.24 Å². The van der Waals surface area contributed by atoms with Gasteiger partial charge < -0.3 is 0 Å². The number of rotatable bonds is 3. The zero-order chi connectivity index (χ0) is 20.8. The summed E-state index contributed by atoms with van der Waals surface area (Å²) >= 11 is 8.34. The van der Waals surface area contributed by atoms with E-state index in [0.29, 0.717) is 15.8 Å². The molecule has 3 heterocycles. The fourth-order valence-corrected chi connectivity index (χ4v) is 6.78.